The zero-order valence-corrected chi connectivity index (χ0v) is 11.6. The molecule has 1 atom stereocenters. The predicted octanol–water partition coefficient (Wildman–Crippen LogP) is 2.80. The second-order valence-corrected chi connectivity index (χ2v) is 4.72. The average molecular weight is 271 g/mol. The number of amides is 1. The molecule has 1 aromatic rings. The number of hydrogen-bond acceptors (Lipinski definition) is 3. The van der Waals surface area contributed by atoms with E-state index in [0.29, 0.717) is 22.9 Å². The van der Waals surface area contributed by atoms with Crippen molar-refractivity contribution in [3.63, 3.8) is 0 Å². The van der Waals surface area contributed by atoms with Gasteiger partial charge in [-0.05, 0) is 38.5 Å². The Balaban J connectivity index is 2.75. The molecule has 0 aliphatic rings. The fourth-order valence-electron chi connectivity index (χ4n) is 1.35. The summed E-state index contributed by atoms with van der Waals surface area (Å²) in [5, 5.41) is 3.17. The van der Waals surface area contributed by atoms with E-state index >= 15 is 0 Å². The van der Waals surface area contributed by atoms with Gasteiger partial charge in [0.25, 0.3) is 0 Å². The van der Waals surface area contributed by atoms with Crippen LogP contribution in [0.15, 0.2) is 18.2 Å². The first kappa shape index (κ1) is 14.8. The highest BCUT2D eigenvalue weighted by atomic mass is 35.5. The van der Waals surface area contributed by atoms with Gasteiger partial charge >= 0.3 is 0 Å². The molecular weight excluding hydrogens is 252 g/mol. The van der Waals surface area contributed by atoms with Crippen LogP contribution < -0.4 is 15.8 Å². The third kappa shape index (κ3) is 4.20. The number of ether oxygens (including phenoxy) is 1. The average Bonchev–Trinajstić information content (AvgIpc) is 2.31. The zero-order valence-electron chi connectivity index (χ0n) is 10.9. The smallest absolute Gasteiger partial charge is 0.241 e. The van der Waals surface area contributed by atoms with Crippen LogP contribution in [-0.4, -0.2) is 18.1 Å². The van der Waals surface area contributed by atoms with Crippen LogP contribution in [-0.2, 0) is 4.79 Å². The molecule has 1 rings (SSSR count). The van der Waals surface area contributed by atoms with Crippen LogP contribution in [0.25, 0.3) is 0 Å². The van der Waals surface area contributed by atoms with Gasteiger partial charge in [0.2, 0.25) is 5.91 Å². The monoisotopic (exact) mass is 270 g/mol. The van der Waals surface area contributed by atoms with E-state index in [4.69, 9.17) is 22.1 Å². The number of halogens is 1. The number of benzene rings is 1. The van der Waals surface area contributed by atoms with Crippen LogP contribution >= 0.6 is 11.6 Å². The molecule has 0 aliphatic heterocycles. The maximum Gasteiger partial charge on any atom is 0.241 e. The minimum absolute atomic E-state index is 0.0523. The molecule has 18 heavy (non-hydrogen) atoms. The minimum atomic E-state index is -0.504. The first-order valence-electron chi connectivity index (χ1n) is 5.96. The van der Waals surface area contributed by atoms with Crippen LogP contribution in [0.4, 0.5) is 5.69 Å². The maximum atomic E-state index is 11.6. The molecule has 1 aromatic carbocycles. The van der Waals surface area contributed by atoms with Crippen LogP contribution in [0.3, 0.4) is 0 Å². The van der Waals surface area contributed by atoms with Crippen molar-refractivity contribution >= 4 is 23.2 Å². The van der Waals surface area contributed by atoms with Gasteiger partial charge in [-0.25, -0.2) is 0 Å². The van der Waals surface area contributed by atoms with Crippen molar-refractivity contribution in [3.8, 4) is 5.75 Å². The molecule has 0 saturated carbocycles. The molecule has 0 spiro atoms. The largest absolute Gasteiger partial charge is 0.489 e. The molecule has 0 unspecified atom stereocenters. The summed E-state index contributed by atoms with van der Waals surface area (Å²) in [6.07, 6.45) is 0.644. The van der Waals surface area contributed by atoms with Crippen molar-refractivity contribution in [2.24, 2.45) is 5.73 Å². The second-order valence-electron chi connectivity index (χ2n) is 4.32. The lowest BCUT2D eigenvalue weighted by Gasteiger charge is -2.14. The molecule has 0 aromatic heterocycles. The lowest BCUT2D eigenvalue weighted by atomic mass is 10.2. The van der Waals surface area contributed by atoms with Gasteiger partial charge in [-0.1, -0.05) is 18.5 Å². The Morgan fingerprint density at radius 2 is 2.17 bits per heavy atom. The minimum Gasteiger partial charge on any atom is -0.489 e. The highest BCUT2D eigenvalue weighted by molar-refractivity contribution is 6.32. The van der Waals surface area contributed by atoms with E-state index in [1.807, 2.05) is 20.8 Å². The summed E-state index contributed by atoms with van der Waals surface area (Å²) in [7, 11) is 0. The summed E-state index contributed by atoms with van der Waals surface area (Å²) in [6, 6.07) is 4.62. The summed E-state index contributed by atoms with van der Waals surface area (Å²) in [5.41, 5.74) is 6.24. The lowest BCUT2D eigenvalue weighted by Crippen LogP contribution is -2.34. The zero-order chi connectivity index (χ0) is 13.7. The van der Waals surface area contributed by atoms with Crippen molar-refractivity contribution in [3.05, 3.63) is 23.2 Å². The van der Waals surface area contributed by atoms with E-state index in [1.54, 1.807) is 18.2 Å². The van der Waals surface area contributed by atoms with E-state index in [0.717, 1.165) is 0 Å². The SMILES string of the molecule is CC[C@H](N)C(=O)Nc1ccc(OC(C)C)c(Cl)c1. The number of hydrogen-bond donors (Lipinski definition) is 2. The van der Waals surface area contributed by atoms with Crippen LogP contribution in [0, 0.1) is 0 Å². The number of nitrogens with one attached hydrogen (secondary N) is 1. The maximum absolute atomic E-state index is 11.6. The molecule has 0 fully saturated rings. The molecule has 0 radical (unpaired) electrons. The third-order valence-electron chi connectivity index (χ3n) is 2.34. The normalized spacial score (nSPS) is 12.3. The van der Waals surface area contributed by atoms with Gasteiger partial charge in [-0.3, -0.25) is 4.79 Å². The van der Waals surface area contributed by atoms with Crippen molar-refractivity contribution in [2.45, 2.75) is 39.3 Å². The van der Waals surface area contributed by atoms with Gasteiger partial charge in [0.1, 0.15) is 5.75 Å². The summed E-state index contributed by atoms with van der Waals surface area (Å²) in [5.74, 6) is 0.385. The quantitative estimate of drug-likeness (QED) is 0.865. The van der Waals surface area contributed by atoms with Crippen molar-refractivity contribution in [2.75, 3.05) is 5.32 Å². The van der Waals surface area contributed by atoms with Gasteiger partial charge in [0, 0.05) is 5.69 Å². The van der Waals surface area contributed by atoms with E-state index in [2.05, 4.69) is 5.32 Å². The Hall–Kier alpha value is -1.26. The molecule has 0 saturated heterocycles. The predicted molar refractivity (Wildman–Crippen MR) is 74.1 cm³/mol. The summed E-state index contributed by atoms with van der Waals surface area (Å²) in [4.78, 5) is 11.6. The molecule has 3 N–H and O–H groups in total. The van der Waals surface area contributed by atoms with Gasteiger partial charge < -0.3 is 15.8 Å². The van der Waals surface area contributed by atoms with E-state index < -0.39 is 6.04 Å². The molecule has 4 nitrogen and oxygen atoms in total. The fourth-order valence-corrected chi connectivity index (χ4v) is 1.57. The number of anilines is 1. The number of nitrogens with two attached hydrogens (primary N) is 1. The van der Waals surface area contributed by atoms with Gasteiger partial charge in [-0.15, -0.1) is 0 Å². The number of carbonyl (C=O) groups excluding carboxylic acids is 1. The Bertz CT molecular complexity index is 421. The van der Waals surface area contributed by atoms with Gasteiger partial charge in [0.15, 0.2) is 0 Å². The van der Waals surface area contributed by atoms with Crippen LogP contribution in [0.5, 0.6) is 5.75 Å². The molecule has 0 aliphatic carbocycles. The molecule has 100 valence electrons. The number of rotatable bonds is 5. The van der Waals surface area contributed by atoms with Crippen LogP contribution in [0.2, 0.25) is 5.02 Å². The highest BCUT2D eigenvalue weighted by Gasteiger charge is 2.12. The van der Waals surface area contributed by atoms with Crippen molar-refractivity contribution < 1.29 is 9.53 Å². The summed E-state index contributed by atoms with van der Waals surface area (Å²) in [6.45, 7) is 5.70. The summed E-state index contributed by atoms with van der Waals surface area (Å²) >= 11 is 6.06. The van der Waals surface area contributed by atoms with Crippen molar-refractivity contribution in [1.82, 2.24) is 0 Å². The fraction of sp³-hybridized carbons (Fsp3) is 0.462. The lowest BCUT2D eigenvalue weighted by molar-refractivity contribution is -0.117. The van der Waals surface area contributed by atoms with E-state index in [9.17, 15) is 4.79 Å². The van der Waals surface area contributed by atoms with Gasteiger partial charge in [0.05, 0.1) is 17.2 Å². The third-order valence-corrected chi connectivity index (χ3v) is 2.63. The second kappa shape index (κ2) is 6.61. The summed E-state index contributed by atoms with van der Waals surface area (Å²) < 4.78 is 5.50. The molecule has 1 amide bonds. The first-order valence-corrected chi connectivity index (χ1v) is 6.34. The van der Waals surface area contributed by atoms with Crippen molar-refractivity contribution in [1.29, 1.82) is 0 Å². The Morgan fingerprint density at radius 3 is 2.67 bits per heavy atom. The molecule has 5 heteroatoms. The Kier molecular flexibility index (Phi) is 5.44. The standard InChI is InChI=1S/C13H19ClN2O2/c1-4-11(15)13(17)16-9-5-6-12(10(14)7-9)18-8(2)3/h5-8,11H,4,15H2,1-3H3,(H,16,17)/t11-/m0/s1. The molecule has 0 bridgehead atoms. The van der Waals surface area contributed by atoms with E-state index in [-0.39, 0.29) is 12.0 Å². The van der Waals surface area contributed by atoms with Crippen LogP contribution in [0.1, 0.15) is 27.2 Å². The molecular formula is C13H19ClN2O2. The molecule has 0 heterocycles. The van der Waals surface area contributed by atoms with Gasteiger partial charge in [-0.2, -0.15) is 0 Å². The highest BCUT2D eigenvalue weighted by Crippen LogP contribution is 2.28. The number of carbonyl (C=O) groups is 1. The first-order chi connectivity index (χ1) is 8.43. The Morgan fingerprint density at radius 1 is 1.50 bits per heavy atom. The Labute approximate surface area is 112 Å². The van der Waals surface area contributed by atoms with E-state index in [1.165, 1.54) is 0 Å². The topological polar surface area (TPSA) is 64.4 Å².